The van der Waals surface area contributed by atoms with Crippen molar-refractivity contribution in [1.82, 2.24) is 25.5 Å². The molecule has 1 saturated carbocycles. The maximum atomic E-state index is 12.2. The normalized spacial score (nSPS) is 13.8. The summed E-state index contributed by atoms with van der Waals surface area (Å²) in [6, 6.07) is 22.2. The predicted octanol–water partition coefficient (Wildman–Crippen LogP) is 5.60. The van der Waals surface area contributed by atoms with Crippen LogP contribution in [0, 0.1) is 0 Å². The number of fused-ring (bicyclic) bond motifs is 2. The monoisotopic (exact) mass is 460 g/mol. The molecule has 6 rings (SSSR count). The van der Waals surface area contributed by atoms with E-state index in [2.05, 4.69) is 20.8 Å². The van der Waals surface area contributed by atoms with Gasteiger partial charge in [0.15, 0.2) is 5.82 Å². The number of rotatable bonds is 6. The molecule has 0 unspecified atom stereocenters. The zero-order valence-electron chi connectivity index (χ0n) is 19.0. The number of amides is 1. The van der Waals surface area contributed by atoms with Crippen molar-refractivity contribution < 1.29 is 4.79 Å². The van der Waals surface area contributed by atoms with Crippen LogP contribution in [0.2, 0.25) is 0 Å². The average molecular weight is 461 g/mol. The molecule has 0 bridgehead atoms. The quantitative estimate of drug-likeness (QED) is 0.287. The fourth-order valence-corrected chi connectivity index (χ4v) is 4.21. The maximum absolute atomic E-state index is 12.2. The van der Waals surface area contributed by atoms with Crippen LogP contribution in [0.5, 0.6) is 0 Å². The van der Waals surface area contributed by atoms with Gasteiger partial charge < -0.3 is 10.6 Å². The van der Waals surface area contributed by atoms with Crippen LogP contribution in [-0.2, 0) is 4.79 Å². The summed E-state index contributed by atoms with van der Waals surface area (Å²) in [7, 11) is 0. The fourth-order valence-electron chi connectivity index (χ4n) is 4.21. The van der Waals surface area contributed by atoms with Crippen LogP contribution in [0.15, 0.2) is 79.0 Å². The van der Waals surface area contributed by atoms with Gasteiger partial charge in [-0.2, -0.15) is 5.10 Å². The third kappa shape index (κ3) is 4.48. The van der Waals surface area contributed by atoms with Crippen LogP contribution >= 0.6 is 0 Å². The van der Waals surface area contributed by atoms with E-state index in [1.807, 2.05) is 72.8 Å². The van der Waals surface area contributed by atoms with Gasteiger partial charge in [-0.05, 0) is 67.3 Å². The second kappa shape index (κ2) is 9.02. The Morgan fingerprint density at radius 2 is 1.91 bits per heavy atom. The number of aromatic nitrogens is 4. The number of nitrogens with one attached hydrogen (secondary N) is 3. The van der Waals surface area contributed by atoms with Crippen molar-refractivity contribution >= 4 is 45.3 Å². The average Bonchev–Trinajstić information content (AvgIpc) is 3.33. The molecule has 172 valence electrons. The lowest BCUT2D eigenvalue weighted by Crippen LogP contribution is -2.38. The first-order chi connectivity index (χ1) is 17.2. The first kappa shape index (κ1) is 21.0. The highest BCUT2D eigenvalue weighted by atomic mass is 16.1. The molecule has 0 radical (unpaired) electrons. The van der Waals surface area contributed by atoms with Gasteiger partial charge in [-0.1, -0.05) is 30.3 Å². The molecule has 1 fully saturated rings. The summed E-state index contributed by atoms with van der Waals surface area (Å²) in [6.07, 6.45) is 8.56. The van der Waals surface area contributed by atoms with E-state index in [0.29, 0.717) is 11.9 Å². The smallest absolute Gasteiger partial charge is 0.244 e. The molecule has 7 heteroatoms. The standard InChI is InChI=1S/C28H24N6O/c35-26(30-21-7-4-8-21)14-11-18-5-3-6-19(15-18)27-32-25-10-2-1-9-23(25)28(33-27)31-22-12-13-24-20(16-22)17-29-34-24/h1-3,5-6,9-17,21H,4,7-8H2,(H,29,34)(H,30,35)(H,31,32,33)/b14-11+. The molecule has 1 aliphatic rings. The molecule has 0 spiro atoms. The minimum absolute atomic E-state index is 0.0527. The number of benzene rings is 3. The highest BCUT2D eigenvalue weighted by Gasteiger charge is 2.18. The summed E-state index contributed by atoms with van der Waals surface area (Å²) in [5.74, 6) is 1.29. The third-order valence-electron chi connectivity index (χ3n) is 6.33. The van der Waals surface area contributed by atoms with Crippen LogP contribution in [0.4, 0.5) is 11.5 Å². The Labute approximate surface area is 202 Å². The van der Waals surface area contributed by atoms with E-state index >= 15 is 0 Å². The van der Waals surface area contributed by atoms with Gasteiger partial charge in [0.1, 0.15) is 5.82 Å². The second-order valence-electron chi connectivity index (χ2n) is 8.81. The topological polar surface area (TPSA) is 95.6 Å². The highest BCUT2D eigenvalue weighted by molar-refractivity contribution is 5.94. The van der Waals surface area contributed by atoms with E-state index in [-0.39, 0.29) is 5.91 Å². The summed E-state index contributed by atoms with van der Waals surface area (Å²) in [5, 5.41) is 15.5. The van der Waals surface area contributed by atoms with Gasteiger partial charge in [-0.25, -0.2) is 9.97 Å². The fraction of sp³-hybridized carbons (Fsp3) is 0.143. The SMILES string of the molecule is O=C(/C=C/c1cccc(-c2nc(Nc3ccc4[nH]ncc4c3)c3ccccc3n2)c1)NC1CCC1. The van der Waals surface area contributed by atoms with E-state index in [9.17, 15) is 4.79 Å². The summed E-state index contributed by atoms with van der Waals surface area (Å²) < 4.78 is 0. The Hall–Kier alpha value is -4.52. The van der Waals surface area contributed by atoms with Crippen LogP contribution < -0.4 is 10.6 Å². The molecule has 3 aromatic carbocycles. The second-order valence-corrected chi connectivity index (χ2v) is 8.81. The summed E-state index contributed by atoms with van der Waals surface area (Å²) in [6.45, 7) is 0. The molecule has 2 aromatic heterocycles. The molecule has 2 heterocycles. The van der Waals surface area contributed by atoms with E-state index < -0.39 is 0 Å². The van der Waals surface area contributed by atoms with Gasteiger partial charge in [0.25, 0.3) is 0 Å². The first-order valence-corrected chi connectivity index (χ1v) is 11.8. The molecule has 0 saturated heterocycles. The number of nitrogens with zero attached hydrogens (tertiary/aromatic N) is 3. The van der Waals surface area contributed by atoms with Crippen molar-refractivity contribution in [3.8, 4) is 11.4 Å². The lowest BCUT2D eigenvalue weighted by molar-refractivity contribution is -0.117. The molecule has 5 aromatic rings. The van der Waals surface area contributed by atoms with Crippen LogP contribution in [-0.4, -0.2) is 32.1 Å². The van der Waals surface area contributed by atoms with Crippen molar-refractivity contribution in [2.24, 2.45) is 0 Å². The number of carbonyl (C=O) groups excluding carboxylic acids is 1. The third-order valence-corrected chi connectivity index (χ3v) is 6.33. The van der Waals surface area contributed by atoms with Crippen molar-refractivity contribution in [3.05, 3.63) is 84.6 Å². The minimum Gasteiger partial charge on any atom is -0.350 e. The summed E-state index contributed by atoms with van der Waals surface area (Å²) >= 11 is 0. The molecular weight excluding hydrogens is 436 g/mol. The number of anilines is 2. The Kier molecular flexibility index (Phi) is 5.42. The number of carbonyl (C=O) groups is 1. The molecular formula is C28H24N6O. The Balaban J connectivity index is 1.32. The Bertz CT molecular complexity index is 1570. The van der Waals surface area contributed by atoms with Gasteiger partial charge in [0.2, 0.25) is 5.91 Å². The first-order valence-electron chi connectivity index (χ1n) is 11.8. The van der Waals surface area contributed by atoms with Crippen LogP contribution in [0.3, 0.4) is 0 Å². The van der Waals surface area contributed by atoms with Gasteiger partial charge in [-0.15, -0.1) is 0 Å². The van der Waals surface area contributed by atoms with Crippen molar-refractivity contribution in [1.29, 1.82) is 0 Å². The molecule has 0 aliphatic heterocycles. The number of hydrogen-bond donors (Lipinski definition) is 3. The number of aromatic amines is 1. The van der Waals surface area contributed by atoms with Crippen LogP contribution in [0.1, 0.15) is 24.8 Å². The summed E-state index contributed by atoms with van der Waals surface area (Å²) in [5.41, 5.74) is 4.55. The highest BCUT2D eigenvalue weighted by Crippen LogP contribution is 2.29. The van der Waals surface area contributed by atoms with E-state index in [4.69, 9.17) is 9.97 Å². The van der Waals surface area contributed by atoms with Gasteiger partial charge in [0, 0.05) is 34.1 Å². The predicted molar refractivity (Wildman–Crippen MR) is 139 cm³/mol. The van der Waals surface area contributed by atoms with Gasteiger partial charge >= 0.3 is 0 Å². The summed E-state index contributed by atoms with van der Waals surface area (Å²) in [4.78, 5) is 21.9. The molecule has 1 amide bonds. The van der Waals surface area contributed by atoms with Crippen molar-refractivity contribution in [3.63, 3.8) is 0 Å². The van der Waals surface area contributed by atoms with Crippen LogP contribution in [0.25, 0.3) is 39.3 Å². The van der Waals surface area contributed by atoms with E-state index in [1.165, 1.54) is 6.42 Å². The number of para-hydroxylation sites is 1. The minimum atomic E-state index is -0.0527. The zero-order valence-corrected chi connectivity index (χ0v) is 19.0. The molecule has 1 aliphatic carbocycles. The lowest BCUT2D eigenvalue weighted by atomic mass is 9.93. The van der Waals surface area contributed by atoms with Gasteiger partial charge in [0.05, 0.1) is 17.2 Å². The van der Waals surface area contributed by atoms with Crippen molar-refractivity contribution in [2.45, 2.75) is 25.3 Å². The number of H-pyrrole nitrogens is 1. The zero-order chi connectivity index (χ0) is 23.6. The van der Waals surface area contributed by atoms with E-state index in [1.54, 1.807) is 12.3 Å². The molecule has 7 nitrogen and oxygen atoms in total. The molecule has 35 heavy (non-hydrogen) atoms. The maximum Gasteiger partial charge on any atom is 0.244 e. The Morgan fingerprint density at radius 1 is 1.00 bits per heavy atom. The van der Waals surface area contributed by atoms with Gasteiger partial charge in [-0.3, -0.25) is 9.89 Å². The van der Waals surface area contributed by atoms with Crippen molar-refractivity contribution in [2.75, 3.05) is 5.32 Å². The van der Waals surface area contributed by atoms with E-state index in [0.717, 1.165) is 57.3 Å². The number of hydrogen-bond acceptors (Lipinski definition) is 5. The lowest BCUT2D eigenvalue weighted by Gasteiger charge is -2.25. The molecule has 0 atom stereocenters. The largest absolute Gasteiger partial charge is 0.350 e. The Morgan fingerprint density at radius 3 is 2.80 bits per heavy atom. The molecule has 3 N–H and O–H groups in total.